The van der Waals surface area contributed by atoms with Gasteiger partial charge in [-0.05, 0) is 35.2 Å². The van der Waals surface area contributed by atoms with E-state index in [2.05, 4.69) is 25.8 Å². The molecule has 1 N–H and O–H groups in total. The number of aromatic hydroxyl groups is 1. The molecule has 3 aromatic rings. The normalized spacial score (nSPS) is 12.6. The van der Waals surface area contributed by atoms with Gasteiger partial charge < -0.3 is 9.52 Å². The van der Waals surface area contributed by atoms with E-state index in [1.807, 2.05) is 0 Å². The Morgan fingerprint density at radius 1 is 1.15 bits per heavy atom. The number of rotatable bonds is 4. The minimum Gasteiger partial charge on any atom is -0.505 e. The number of sulfone groups is 1. The Morgan fingerprint density at radius 3 is 2.52 bits per heavy atom. The average Bonchev–Trinajstić information content (AvgIpc) is 2.89. The molecule has 0 aliphatic heterocycles. The van der Waals surface area contributed by atoms with E-state index in [4.69, 9.17) is 27.6 Å². The summed E-state index contributed by atoms with van der Waals surface area (Å²) in [5.41, 5.74) is 1.74. The summed E-state index contributed by atoms with van der Waals surface area (Å²) in [6.45, 7) is 6.26. The number of halogens is 2. The molecule has 0 atom stereocenters. The number of oxazole rings is 1. The van der Waals surface area contributed by atoms with Crippen molar-refractivity contribution in [2.75, 3.05) is 0 Å². The van der Waals surface area contributed by atoms with Gasteiger partial charge in [-0.1, -0.05) is 50.0 Å². The fraction of sp³-hybridized carbons (Fsp3) is 0.316. The standard InChI is InChI=1S/C19H19Cl2NO4S/c1-19(2,3)9-17-22-14-6-11(4-5-15(14)26-17)10-27(24,25)16-8-12(20)7-13(21)18(16)23/h4-8,23H,9-10H2,1-3H3. The van der Waals surface area contributed by atoms with Crippen LogP contribution in [0.25, 0.3) is 11.1 Å². The largest absolute Gasteiger partial charge is 0.505 e. The van der Waals surface area contributed by atoms with Crippen molar-refractivity contribution in [3.63, 3.8) is 0 Å². The van der Waals surface area contributed by atoms with Gasteiger partial charge in [-0.15, -0.1) is 0 Å². The summed E-state index contributed by atoms with van der Waals surface area (Å²) in [7, 11) is -3.86. The lowest BCUT2D eigenvalue weighted by Crippen LogP contribution is -2.09. The van der Waals surface area contributed by atoms with Crippen molar-refractivity contribution in [1.29, 1.82) is 0 Å². The van der Waals surface area contributed by atoms with E-state index in [1.165, 1.54) is 12.1 Å². The highest BCUT2D eigenvalue weighted by Crippen LogP contribution is 2.36. The maximum atomic E-state index is 12.7. The number of hydrogen-bond donors (Lipinski definition) is 1. The molecular formula is C19H19Cl2NO4S. The molecule has 5 nitrogen and oxygen atoms in total. The molecule has 1 aromatic heterocycles. The lowest BCUT2D eigenvalue weighted by atomic mass is 9.92. The first-order valence-corrected chi connectivity index (χ1v) is 10.6. The molecule has 0 fully saturated rings. The highest BCUT2D eigenvalue weighted by molar-refractivity contribution is 7.90. The smallest absolute Gasteiger partial charge is 0.195 e. The van der Waals surface area contributed by atoms with Crippen molar-refractivity contribution in [2.24, 2.45) is 5.41 Å². The lowest BCUT2D eigenvalue weighted by Gasteiger charge is -2.14. The monoisotopic (exact) mass is 427 g/mol. The van der Waals surface area contributed by atoms with Crippen LogP contribution in [-0.2, 0) is 22.0 Å². The molecule has 3 rings (SSSR count). The first-order chi connectivity index (χ1) is 12.4. The summed E-state index contributed by atoms with van der Waals surface area (Å²) in [5, 5.41) is 10.0. The number of phenols is 1. The van der Waals surface area contributed by atoms with Crippen LogP contribution in [0.3, 0.4) is 0 Å². The van der Waals surface area contributed by atoms with Crippen LogP contribution in [-0.4, -0.2) is 18.5 Å². The van der Waals surface area contributed by atoms with Crippen molar-refractivity contribution < 1.29 is 17.9 Å². The number of fused-ring (bicyclic) bond motifs is 1. The second-order valence-electron chi connectivity index (χ2n) is 7.64. The molecule has 0 bridgehead atoms. The van der Waals surface area contributed by atoms with Gasteiger partial charge in [0.25, 0.3) is 0 Å². The van der Waals surface area contributed by atoms with Gasteiger partial charge in [0, 0.05) is 11.4 Å². The predicted octanol–water partition coefficient (Wildman–Crippen LogP) is 5.40. The molecule has 1 heterocycles. The van der Waals surface area contributed by atoms with Crippen molar-refractivity contribution >= 4 is 44.1 Å². The number of nitrogens with zero attached hydrogens (tertiary/aromatic N) is 1. The van der Waals surface area contributed by atoms with Gasteiger partial charge in [0.2, 0.25) is 0 Å². The van der Waals surface area contributed by atoms with Crippen molar-refractivity contribution in [3.8, 4) is 5.75 Å². The van der Waals surface area contributed by atoms with E-state index < -0.39 is 15.6 Å². The number of aromatic nitrogens is 1. The van der Waals surface area contributed by atoms with Crippen LogP contribution in [0.1, 0.15) is 32.2 Å². The van der Waals surface area contributed by atoms with E-state index in [0.29, 0.717) is 29.0 Å². The van der Waals surface area contributed by atoms with E-state index in [-0.39, 0.29) is 26.1 Å². The Bertz CT molecular complexity index is 1110. The Hall–Kier alpha value is -1.76. The third-order valence-electron chi connectivity index (χ3n) is 3.86. The SMILES string of the molecule is CC(C)(C)Cc1nc2cc(CS(=O)(=O)c3cc(Cl)cc(Cl)c3O)ccc2o1. The van der Waals surface area contributed by atoms with Crippen LogP contribution in [0, 0.1) is 5.41 Å². The van der Waals surface area contributed by atoms with Crippen LogP contribution in [0.4, 0.5) is 0 Å². The molecule has 0 saturated heterocycles. The summed E-state index contributed by atoms with van der Waals surface area (Å²) < 4.78 is 31.2. The first kappa shape index (κ1) is 20.0. The molecule has 0 aliphatic rings. The van der Waals surface area contributed by atoms with Crippen LogP contribution in [0.2, 0.25) is 10.0 Å². The molecule has 8 heteroatoms. The zero-order chi connectivity index (χ0) is 20.0. The van der Waals surface area contributed by atoms with Gasteiger partial charge in [0.1, 0.15) is 10.4 Å². The Morgan fingerprint density at radius 2 is 1.85 bits per heavy atom. The van der Waals surface area contributed by atoms with E-state index in [9.17, 15) is 13.5 Å². The molecule has 0 saturated carbocycles. The fourth-order valence-electron chi connectivity index (χ4n) is 2.72. The highest BCUT2D eigenvalue weighted by atomic mass is 35.5. The van der Waals surface area contributed by atoms with Crippen molar-refractivity contribution in [2.45, 2.75) is 37.8 Å². The lowest BCUT2D eigenvalue weighted by molar-refractivity contribution is 0.362. The van der Waals surface area contributed by atoms with Gasteiger partial charge in [-0.2, -0.15) is 0 Å². The maximum absolute atomic E-state index is 12.7. The van der Waals surface area contributed by atoms with E-state index in [0.717, 1.165) is 0 Å². The summed E-state index contributed by atoms with van der Waals surface area (Å²) in [6, 6.07) is 7.51. The van der Waals surface area contributed by atoms with Gasteiger partial charge in [0.15, 0.2) is 27.1 Å². The Balaban J connectivity index is 1.94. The molecule has 0 aliphatic carbocycles. The minimum atomic E-state index is -3.86. The van der Waals surface area contributed by atoms with Crippen molar-refractivity contribution in [3.05, 3.63) is 51.8 Å². The molecule has 0 amide bonds. The maximum Gasteiger partial charge on any atom is 0.195 e. The van der Waals surface area contributed by atoms with Crippen LogP contribution >= 0.6 is 23.2 Å². The van der Waals surface area contributed by atoms with Gasteiger partial charge in [-0.3, -0.25) is 0 Å². The van der Waals surface area contributed by atoms with Crippen molar-refractivity contribution in [1.82, 2.24) is 4.98 Å². The zero-order valence-electron chi connectivity index (χ0n) is 15.1. The molecule has 0 radical (unpaired) electrons. The number of phenolic OH excluding ortho intramolecular Hbond substituents is 1. The second kappa shape index (κ2) is 7.00. The number of benzene rings is 2. The van der Waals surface area contributed by atoms with Gasteiger partial charge >= 0.3 is 0 Å². The average molecular weight is 428 g/mol. The van der Waals surface area contributed by atoms with Gasteiger partial charge in [0.05, 0.1) is 10.8 Å². The first-order valence-electron chi connectivity index (χ1n) is 8.24. The second-order valence-corrected chi connectivity index (χ2v) is 10.4. The summed E-state index contributed by atoms with van der Waals surface area (Å²) in [4.78, 5) is 4.16. The van der Waals surface area contributed by atoms with Crippen LogP contribution < -0.4 is 0 Å². The van der Waals surface area contributed by atoms with Crippen LogP contribution in [0.5, 0.6) is 5.75 Å². The van der Waals surface area contributed by atoms with E-state index >= 15 is 0 Å². The third kappa shape index (κ3) is 4.57. The quantitative estimate of drug-likeness (QED) is 0.602. The molecule has 0 unspecified atom stereocenters. The fourth-order valence-corrected chi connectivity index (χ4v) is 4.82. The molecule has 144 valence electrons. The Labute approximate surface area is 167 Å². The topological polar surface area (TPSA) is 80.4 Å². The molecule has 27 heavy (non-hydrogen) atoms. The van der Waals surface area contributed by atoms with Gasteiger partial charge in [-0.25, -0.2) is 13.4 Å². The molecule has 0 spiro atoms. The number of hydrogen-bond acceptors (Lipinski definition) is 5. The molecular weight excluding hydrogens is 409 g/mol. The third-order valence-corrected chi connectivity index (χ3v) is 6.06. The van der Waals surface area contributed by atoms with E-state index in [1.54, 1.807) is 18.2 Å². The van der Waals surface area contributed by atoms with Crippen LogP contribution in [0.15, 0.2) is 39.6 Å². The summed E-state index contributed by atoms with van der Waals surface area (Å²) in [5.74, 6) is -0.220. The molecule has 2 aromatic carbocycles. The minimum absolute atomic E-state index is 0.0242. The summed E-state index contributed by atoms with van der Waals surface area (Å²) >= 11 is 11.7. The predicted molar refractivity (Wildman–Crippen MR) is 106 cm³/mol. The highest BCUT2D eigenvalue weighted by Gasteiger charge is 2.23. The zero-order valence-corrected chi connectivity index (χ0v) is 17.4. The Kier molecular flexibility index (Phi) is 5.18. The summed E-state index contributed by atoms with van der Waals surface area (Å²) in [6.07, 6.45) is 0.671.